The van der Waals surface area contributed by atoms with Gasteiger partial charge in [0.1, 0.15) is 0 Å². The van der Waals surface area contributed by atoms with E-state index in [1.54, 1.807) is 4.90 Å². The van der Waals surface area contributed by atoms with Crippen LogP contribution in [0.2, 0.25) is 0 Å². The SMILES string of the molecule is O=C(CCN1CCCS1(=O)=O)N1CC(O)C2(CC2)C1. The molecular formula is C12H20N2O4S. The summed E-state index contributed by atoms with van der Waals surface area (Å²) in [5.41, 5.74) is -0.0324. The maximum absolute atomic E-state index is 12.1. The molecule has 2 heterocycles. The van der Waals surface area contributed by atoms with Crippen molar-refractivity contribution < 1.29 is 18.3 Å². The van der Waals surface area contributed by atoms with Gasteiger partial charge in [-0.3, -0.25) is 4.79 Å². The van der Waals surface area contributed by atoms with E-state index in [2.05, 4.69) is 0 Å². The van der Waals surface area contributed by atoms with E-state index in [-0.39, 0.29) is 30.0 Å². The number of β-amino-alcohol motifs (C(OH)–C–C–N with tert-alkyl or cyclic N) is 1. The van der Waals surface area contributed by atoms with Crippen LogP contribution in [-0.2, 0) is 14.8 Å². The van der Waals surface area contributed by atoms with Gasteiger partial charge in [-0.05, 0) is 19.3 Å². The van der Waals surface area contributed by atoms with Gasteiger partial charge in [0.2, 0.25) is 15.9 Å². The molecule has 1 aliphatic carbocycles. The van der Waals surface area contributed by atoms with Crippen molar-refractivity contribution in [1.29, 1.82) is 0 Å². The van der Waals surface area contributed by atoms with Crippen molar-refractivity contribution in [2.75, 3.05) is 31.9 Å². The summed E-state index contributed by atoms with van der Waals surface area (Å²) in [6.07, 6.45) is 2.48. The largest absolute Gasteiger partial charge is 0.391 e. The van der Waals surface area contributed by atoms with Gasteiger partial charge in [-0.1, -0.05) is 0 Å². The summed E-state index contributed by atoms with van der Waals surface area (Å²) in [7, 11) is -3.11. The number of aliphatic hydroxyl groups is 1. The molecule has 3 aliphatic rings. The number of likely N-dealkylation sites (tertiary alicyclic amines) is 1. The molecule has 1 atom stereocenters. The Hall–Kier alpha value is -0.660. The van der Waals surface area contributed by atoms with E-state index in [1.165, 1.54) is 4.31 Å². The summed E-state index contributed by atoms with van der Waals surface area (Å²) in [5, 5.41) is 9.90. The second-order valence-corrected chi connectivity index (χ2v) is 8.06. The highest BCUT2D eigenvalue weighted by Gasteiger charge is 2.55. The molecule has 3 fully saturated rings. The highest BCUT2D eigenvalue weighted by atomic mass is 32.2. The zero-order chi connectivity index (χ0) is 13.7. The molecule has 3 rings (SSSR count). The van der Waals surface area contributed by atoms with Gasteiger partial charge in [-0.25, -0.2) is 12.7 Å². The molecule has 108 valence electrons. The number of hydrogen-bond acceptors (Lipinski definition) is 4. The lowest BCUT2D eigenvalue weighted by Gasteiger charge is -2.18. The average Bonchev–Trinajstić information content (AvgIpc) is 2.94. The van der Waals surface area contributed by atoms with E-state index in [1.807, 2.05) is 0 Å². The molecule has 1 amide bonds. The van der Waals surface area contributed by atoms with Crippen molar-refractivity contribution in [3.8, 4) is 0 Å². The molecule has 1 N–H and O–H groups in total. The first-order chi connectivity index (χ1) is 8.93. The molecular weight excluding hydrogens is 268 g/mol. The summed E-state index contributed by atoms with van der Waals surface area (Å²) >= 11 is 0. The number of hydrogen-bond donors (Lipinski definition) is 1. The van der Waals surface area contributed by atoms with Crippen molar-refractivity contribution in [3.63, 3.8) is 0 Å². The Morgan fingerprint density at radius 3 is 2.63 bits per heavy atom. The van der Waals surface area contributed by atoms with Crippen LogP contribution in [0, 0.1) is 5.41 Å². The normalized spacial score (nSPS) is 32.1. The minimum atomic E-state index is -3.11. The van der Waals surface area contributed by atoms with Gasteiger partial charge in [0.15, 0.2) is 0 Å². The highest BCUT2D eigenvalue weighted by molar-refractivity contribution is 7.89. The minimum absolute atomic E-state index is 0.0324. The molecule has 0 aromatic heterocycles. The van der Waals surface area contributed by atoms with Crippen LogP contribution in [0.4, 0.5) is 0 Å². The second kappa shape index (κ2) is 4.43. The maximum Gasteiger partial charge on any atom is 0.224 e. The monoisotopic (exact) mass is 288 g/mol. The van der Waals surface area contributed by atoms with E-state index in [4.69, 9.17) is 0 Å². The summed E-state index contributed by atoms with van der Waals surface area (Å²) in [4.78, 5) is 13.8. The van der Waals surface area contributed by atoms with Crippen molar-refractivity contribution in [2.24, 2.45) is 5.41 Å². The summed E-state index contributed by atoms with van der Waals surface area (Å²) in [6, 6.07) is 0. The molecule has 0 bridgehead atoms. The number of aliphatic hydroxyl groups excluding tert-OH is 1. The lowest BCUT2D eigenvalue weighted by atomic mass is 10.0. The first kappa shape index (κ1) is 13.3. The molecule has 6 nitrogen and oxygen atoms in total. The predicted octanol–water partition coefficient (Wildman–Crippen LogP) is -0.605. The minimum Gasteiger partial charge on any atom is -0.391 e. The Morgan fingerprint density at radius 2 is 2.11 bits per heavy atom. The molecule has 7 heteroatoms. The molecule has 2 saturated heterocycles. The number of carbonyl (C=O) groups excluding carboxylic acids is 1. The fourth-order valence-corrected chi connectivity index (χ4v) is 4.64. The number of carbonyl (C=O) groups is 1. The van der Waals surface area contributed by atoms with Crippen LogP contribution < -0.4 is 0 Å². The first-order valence-corrected chi connectivity index (χ1v) is 8.48. The maximum atomic E-state index is 12.1. The molecule has 0 aromatic carbocycles. The standard InChI is InChI=1S/C12H20N2O4S/c15-10-8-13(9-12(10)3-4-12)11(16)2-6-14-5-1-7-19(14,17)18/h10,15H,1-9H2. The number of nitrogens with zero attached hydrogens (tertiary/aromatic N) is 2. The van der Waals surface area contributed by atoms with Crippen LogP contribution in [0.15, 0.2) is 0 Å². The lowest BCUT2D eigenvalue weighted by molar-refractivity contribution is -0.130. The second-order valence-electron chi connectivity index (χ2n) is 5.97. The molecule has 1 spiro atoms. The van der Waals surface area contributed by atoms with Gasteiger partial charge in [-0.15, -0.1) is 0 Å². The Balaban J connectivity index is 1.52. The van der Waals surface area contributed by atoms with Crippen LogP contribution in [-0.4, -0.2) is 66.7 Å². The van der Waals surface area contributed by atoms with E-state index in [0.29, 0.717) is 26.1 Å². The molecule has 1 saturated carbocycles. The van der Waals surface area contributed by atoms with Gasteiger partial charge in [-0.2, -0.15) is 0 Å². The van der Waals surface area contributed by atoms with Crippen LogP contribution in [0.25, 0.3) is 0 Å². The van der Waals surface area contributed by atoms with E-state index in [0.717, 1.165) is 12.8 Å². The molecule has 1 unspecified atom stereocenters. The van der Waals surface area contributed by atoms with Crippen molar-refractivity contribution in [1.82, 2.24) is 9.21 Å². The Bertz CT molecular complexity index is 486. The van der Waals surface area contributed by atoms with Gasteiger partial charge < -0.3 is 10.0 Å². The van der Waals surface area contributed by atoms with E-state index in [9.17, 15) is 18.3 Å². The Labute approximate surface area is 113 Å². The molecule has 0 radical (unpaired) electrons. The summed E-state index contributed by atoms with van der Waals surface area (Å²) in [6.45, 7) is 1.86. The zero-order valence-electron chi connectivity index (χ0n) is 10.9. The third-order valence-electron chi connectivity index (χ3n) is 4.63. The van der Waals surface area contributed by atoms with Gasteiger partial charge in [0.25, 0.3) is 0 Å². The number of amides is 1. The van der Waals surface area contributed by atoms with Crippen LogP contribution in [0.1, 0.15) is 25.7 Å². The molecule has 0 aromatic rings. The summed E-state index contributed by atoms with van der Waals surface area (Å²) in [5.74, 6) is 0.164. The third kappa shape index (κ3) is 2.39. The summed E-state index contributed by atoms with van der Waals surface area (Å²) < 4.78 is 24.7. The van der Waals surface area contributed by atoms with Crippen LogP contribution >= 0.6 is 0 Å². The Morgan fingerprint density at radius 1 is 1.37 bits per heavy atom. The number of rotatable bonds is 3. The fraction of sp³-hybridized carbons (Fsp3) is 0.917. The van der Waals surface area contributed by atoms with Crippen LogP contribution in [0.5, 0.6) is 0 Å². The first-order valence-electron chi connectivity index (χ1n) is 6.87. The number of sulfonamides is 1. The lowest BCUT2D eigenvalue weighted by Crippen LogP contribution is -2.34. The zero-order valence-corrected chi connectivity index (χ0v) is 11.7. The van der Waals surface area contributed by atoms with E-state index >= 15 is 0 Å². The predicted molar refractivity (Wildman–Crippen MR) is 68.8 cm³/mol. The smallest absolute Gasteiger partial charge is 0.224 e. The fourth-order valence-electron chi connectivity index (χ4n) is 3.12. The molecule has 2 aliphatic heterocycles. The average molecular weight is 288 g/mol. The van der Waals surface area contributed by atoms with Crippen molar-refractivity contribution in [3.05, 3.63) is 0 Å². The Kier molecular flexibility index (Phi) is 3.11. The van der Waals surface area contributed by atoms with Crippen LogP contribution in [0.3, 0.4) is 0 Å². The topological polar surface area (TPSA) is 77.9 Å². The van der Waals surface area contributed by atoms with Gasteiger partial charge in [0, 0.05) is 38.0 Å². The van der Waals surface area contributed by atoms with Crippen molar-refractivity contribution >= 4 is 15.9 Å². The highest BCUT2D eigenvalue weighted by Crippen LogP contribution is 2.52. The molecule has 19 heavy (non-hydrogen) atoms. The van der Waals surface area contributed by atoms with Crippen molar-refractivity contribution in [2.45, 2.75) is 31.8 Å². The van der Waals surface area contributed by atoms with E-state index < -0.39 is 16.1 Å². The quantitative estimate of drug-likeness (QED) is 0.752. The third-order valence-corrected chi connectivity index (χ3v) is 6.59. The van der Waals surface area contributed by atoms with Gasteiger partial charge >= 0.3 is 0 Å². The van der Waals surface area contributed by atoms with Gasteiger partial charge in [0.05, 0.1) is 11.9 Å².